The van der Waals surface area contributed by atoms with Crippen LogP contribution in [0.2, 0.25) is 0 Å². The van der Waals surface area contributed by atoms with Crippen LogP contribution in [0.5, 0.6) is 0 Å². The van der Waals surface area contributed by atoms with E-state index in [1.807, 2.05) is 20.8 Å². The lowest BCUT2D eigenvalue weighted by molar-refractivity contribution is 0.598. The second kappa shape index (κ2) is 3.24. The summed E-state index contributed by atoms with van der Waals surface area (Å²) in [6.07, 6.45) is 0. The Kier molecular flexibility index (Phi) is 2.45. The van der Waals surface area contributed by atoms with Gasteiger partial charge in [-0.1, -0.05) is 0 Å². The van der Waals surface area contributed by atoms with Gasteiger partial charge in [0.1, 0.15) is 5.82 Å². The number of nitrogens with two attached hydrogens (primary N) is 1. The van der Waals surface area contributed by atoms with Gasteiger partial charge in [0.2, 0.25) is 0 Å². The minimum atomic E-state index is -0.310. The molecule has 0 aliphatic rings. The first-order valence-corrected chi connectivity index (χ1v) is 4.22. The van der Waals surface area contributed by atoms with Crippen LogP contribution < -0.4 is 11.1 Å². The summed E-state index contributed by atoms with van der Waals surface area (Å²) < 4.78 is 13.2. The molecule has 0 aliphatic heterocycles. The van der Waals surface area contributed by atoms with Crippen LogP contribution in [0.1, 0.15) is 20.8 Å². The van der Waals surface area contributed by atoms with Gasteiger partial charge in [0, 0.05) is 11.2 Å². The normalized spacial score (nSPS) is 11.4. The lowest BCUT2D eigenvalue weighted by atomic mass is 10.1. The topological polar surface area (TPSA) is 38.0 Å². The van der Waals surface area contributed by atoms with Crippen molar-refractivity contribution in [1.29, 1.82) is 0 Å². The van der Waals surface area contributed by atoms with Crippen molar-refractivity contribution in [1.82, 2.24) is 0 Å². The molecule has 0 heterocycles. The molecule has 2 nitrogen and oxygen atoms in total. The first-order chi connectivity index (χ1) is 5.88. The summed E-state index contributed by atoms with van der Waals surface area (Å²) in [6.45, 7) is 5.92. The fourth-order valence-electron chi connectivity index (χ4n) is 1.04. The van der Waals surface area contributed by atoms with E-state index < -0.39 is 0 Å². The van der Waals surface area contributed by atoms with E-state index in [2.05, 4.69) is 5.32 Å². The molecule has 0 fully saturated rings. The second-order valence-corrected chi connectivity index (χ2v) is 4.11. The Hall–Kier alpha value is -1.25. The predicted molar refractivity (Wildman–Crippen MR) is 54.2 cm³/mol. The van der Waals surface area contributed by atoms with Crippen LogP contribution in [-0.2, 0) is 0 Å². The largest absolute Gasteiger partial charge is 0.399 e. The van der Waals surface area contributed by atoms with Gasteiger partial charge in [0.25, 0.3) is 0 Å². The average Bonchev–Trinajstić information content (AvgIpc) is 1.93. The Balaban J connectivity index is 2.90. The van der Waals surface area contributed by atoms with Gasteiger partial charge in [-0.25, -0.2) is 4.39 Å². The first-order valence-electron chi connectivity index (χ1n) is 4.22. The highest BCUT2D eigenvalue weighted by Gasteiger charge is 2.11. The van der Waals surface area contributed by atoms with E-state index in [9.17, 15) is 4.39 Å². The van der Waals surface area contributed by atoms with Gasteiger partial charge >= 0.3 is 0 Å². The summed E-state index contributed by atoms with van der Waals surface area (Å²) in [5, 5.41) is 3.05. The lowest BCUT2D eigenvalue weighted by Crippen LogP contribution is -2.26. The Labute approximate surface area is 77.9 Å². The van der Waals surface area contributed by atoms with Crippen LogP contribution >= 0.6 is 0 Å². The van der Waals surface area contributed by atoms with Crippen LogP contribution in [0.15, 0.2) is 18.2 Å². The summed E-state index contributed by atoms with van der Waals surface area (Å²) in [5.41, 5.74) is 6.21. The van der Waals surface area contributed by atoms with Gasteiger partial charge in [0.15, 0.2) is 0 Å². The summed E-state index contributed by atoms with van der Waals surface area (Å²) in [7, 11) is 0. The molecule has 3 heteroatoms. The molecule has 0 atom stereocenters. The van der Waals surface area contributed by atoms with Crippen LogP contribution in [0.25, 0.3) is 0 Å². The average molecular weight is 182 g/mol. The van der Waals surface area contributed by atoms with Gasteiger partial charge in [-0.15, -0.1) is 0 Å². The van der Waals surface area contributed by atoms with Crippen molar-refractivity contribution in [2.24, 2.45) is 0 Å². The van der Waals surface area contributed by atoms with Gasteiger partial charge in [-0.05, 0) is 39.0 Å². The SMILES string of the molecule is CC(C)(C)Nc1ccc(N)cc1F. The molecule has 1 aromatic carbocycles. The van der Waals surface area contributed by atoms with Gasteiger partial charge < -0.3 is 11.1 Å². The third-order valence-electron chi connectivity index (χ3n) is 1.50. The Morgan fingerprint density at radius 3 is 2.38 bits per heavy atom. The van der Waals surface area contributed by atoms with E-state index in [1.165, 1.54) is 6.07 Å². The zero-order valence-electron chi connectivity index (χ0n) is 8.19. The van der Waals surface area contributed by atoms with Crippen molar-refractivity contribution in [2.45, 2.75) is 26.3 Å². The molecule has 72 valence electrons. The maximum absolute atomic E-state index is 13.2. The standard InChI is InChI=1S/C10H15FN2/c1-10(2,3)13-9-5-4-7(12)6-8(9)11/h4-6,13H,12H2,1-3H3. The highest BCUT2D eigenvalue weighted by Crippen LogP contribution is 2.20. The van der Waals surface area contributed by atoms with Crippen LogP contribution in [0.3, 0.4) is 0 Å². The van der Waals surface area contributed by atoms with Gasteiger partial charge in [-0.2, -0.15) is 0 Å². The zero-order valence-corrected chi connectivity index (χ0v) is 8.19. The maximum atomic E-state index is 13.2. The first kappa shape index (κ1) is 9.84. The van der Waals surface area contributed by atoms with Crippen LogP contribution in [0, 0.1) is 5.82 Å². The van der Waals surface area contributed by atoms with E-state index in [0.717, 1.165) is 0 Å². The molecular weight excluding hydrogens is 167 g/mol. The van der Waals surface area contributed by atoms with Gasteiger partial charge in [-0.3, -0.25) is 0 Å². The summed E-state index contributed by atoms with van der Waals surface area (Å²) >= 11 is 0. The Morgan fingerprint density at radius 1 is 1.31 bits per heavy atom. The number of benzene rings is 1. The van der Waals surface area contributed by atoms with Crippen molar-refractivity contribution >= 4 is 11.4 Å². The molecule has 0 radical (unpaired) electrons. The smallest absolute Gasteiger partial charge is 0.148 e. The Morgan fingerprint density at radius 2 is 1.92 bits per heavy atom. The summed E-state index contributed by atoms with van der Waals surface area (Å²) in [6, 6.07) is 4.64. The van der Waals surface area contributed by atoms with Gasteiger partial charge in [0.05, 0.1) is 5.69 Å². The molecule has 0 unspecified atom stereocenters. The number of nitrogens with one attached hydrogen (secondary N) is 1. The molecular formula is C10H15FN2. The third-order valence-corrected chi connectivity index (χ3v) is 1.50. The van der Waals surface area contributed by atoms with Crippen molar-refractivity contribution < 1.29 is 4.39 Å². The van der Waals surface area contributed by atoms with E-state index in [0.29, 0.717) is 11.4 Å². The molecule has 0 spiro atoms. The van der Waals surface area contributed by atoms with Crippen LogP contribution in [-0.4, -0.2) is 5.54 Å². The molecule has 3 N–H and O–H groups in total. The molecule has 1 aromatic rings. The highest BCUT2D eigenvalue weighted by atomic mass is 19.1. The number of nitrogen functional groups attached to an aromatic ring is 1. The van der Waals surface area contributed by atoms with E-state index >= 15 is 0 Å². The lowest BCUT2D eigenvalue weighted by Gasteiger charge is -2.22. The quantitative estimate of drug-likeness (QED) is 0.655. The summed E-state index contributed by atoms with van der Waals surface area (Å²) in [4.78, 5) is 0. The minimum absolute atomic E-state index is 0.142. The number of anilines is 2. The maximum Gasteiger partial charge on any atom is 0.148 e. The fourth-order valence-corrected chi connectivity index (χ4v) is 1.04. The monoisotopic (exact) mass is 182 g/mol. The molecule has 1 rings (SSSR count). The number of halogens is 1. The van der Waals surface area contributed by atoms with E-state index in [1.54, 1.807) is 12.1 Å². The molecule has 0 aromatic heterocycles. The Bertz CT molecular complexity index is 302. The molecule has 0 amide bonds. The summed E-state index contributed by atoms with van der Waals surface area (Å²) in [5.74, 6) is -0.310. The molecule has 13 heavy (non-hydrogen) atoms. The molecule has 0 saturated carbocycles. The molecule has 0 bridgehead atoms. The zero-order chi connectivity index (χ0) is 10.1. The van der Waals surface area contributed by atoms with E-state index in [-0.39, 0.29) is 11.4 Å². The number of hydrogen-bond donors (Lipinski definition) is 2. The van der Waals surface area contributed by atoms with Crippen molar-refractivity contribution in [3.8, 4) is 0 Å². The van der Waals surface area contributed by atoms with Crippen molar-refractivity contribution in [3.05, 3.63) is 24.0 Å². The predicted octanol–water partition coefficient (Wildman–Crippen LogP) is 2.62. The second-order valence-electron chi connectivity index (χ2n) is 4.11. The number of hydrogen-bond acceptors (Lipinski definition) is 2. The third kappa shape index (κ3) is 2.93. The van der Waals surface area contributed by atoms with Crippen molar-refractivity contribution in [3.63, 3.8) is 0 Å². The minimum Gasteiger partial charge on any atom is -0.399 e. The fraction of sp³-hybridized carbons (Fsp3) is 0.400. The van der Waals surface area contributed by atoms with Crippen LogP contribution in [0.4, 0.5) is 15.8 Å². The molecule has 0 saturated heterocycles. The van der Waals surface area contributed by atoms with Crippen molar-refractivity contribution in [2.75, 3.05) is 11.1 Å². The van der Waals surface area contributed by atoms with E-state index in [4.69, 9.17) is 5.73 Å². The molecule has 0 aliphatic carbocycles. The highest BCUT2D eigenvalue weighted by molar-refractivity contribution is 5.53. The number of rotatable bonds is 1.